The molecule has 0 amide bonds. The molecule has 0 aliphatic rings. The van der Waals surface area contributed by atoms with Crippen molar-refractivity contribution in [1.82, 2.24) is 0 Å². The fourth-order valence-corrected chi connectivity index (χ4v) is 1.54. The number of hydrogen-bond acceptors (Lipinski definition) is 1. The van der Waals surface area contributed by atoms with E-state index in [0.717, 1.165) is 17.6 Å². The van der Waals surface area contributed by atoms with Crippen molar-refractivity contribution in [3.05, 3.63) is 40.1 Å². The molecular formula is C11H13BrFN. The standard InChI is InChI=1S/C11H13BrFN/c1-8(3-2-6-14)9-4-5-11(13)10(12)7-9/h3-5,7H,2,6,14H2,1H3. The highest BCUT2D eigenvalue weighted by molar-refractivity contribution is 9.10. The zero-order valence-corrected chi connectivity index (χ0v) is 9.64. The number of rotatable bonds is 3. The van der Waals surface area contributed by atoms with Crippen LogP contribution in [0.25, 0.3) is 5.57 Å². The molecule has 1 rings (SSSR count). The topological polar surface area (TPSA) is 26.0 Å². The number of halogens is 2. The first-order valence-electron chi connectivity index (χ1n) is 4.47. The Hall–Kier alpha value is -0.670. The molecule has 0 saturated carbocycles. The van der Waals surface area contributed by atoms with E-state index in [9.17, 15) is 4.39 Å². The van der Waals surface area contributed by atoms with Crippen LogP contribution in [0.4, 0.5) is 4.39 Å². The van der Waals surface area contributed by atoms with Crippen LogP contribution in [0.5, 0.6) is 0 Å². The number of allylic oxidation sites excluding steroid dienone is 1. The van der Waals surface area contributed by atoms with Crippen LogP contribution in [0.2, 0.25) is 0 Å². The number of hydrogen-bond donors (Lipinski definition) is 1. The fourth-order valence-electron chi connectivity index (χ4n) is 1.16. The van der Waals surface area contributed by atoms with Gasteiger partial charge in [0.2, 0.25) is 0 Å². The minimum atomic E-state index is -0.236. The van der Waals surface area contributed by atoms with Gasteiger partial charge in [-0.2, -0.15) is 0 Å². The molecule has 0 fully saturated rings. The zero-order chi connectivity index (χ0) is 10.6. The van der Waals surface area contributed by atoms with Crippen LogP contribution in [-0.4, -0.2) is 6.54 Å². The molecule has 0 heterocycles. The highest BCUT2D eigenvalue weighted by Gasteiger charge is 2.01. The van der Waals surface area contributed by atoms with Crippen molar-refractivity contribution in [2.24, 2.45) is 5.73 Å². The molecule has 0 unspecified atom stereocenters. The van der Waals surface area contributed by atoms with Gasteiger partial charge in [0.05, 0.1) is 4.47 Å². The normalized spacial score (nSPS) is 11.9. The van der Waals surface area contributed by atoms with E-state index >= 15 is 0 Å². The third-order valence-corrected chi connectivity index (χ3v) is 2.60. The minimum Gasteiger partial charge on any atom is -0.330 e. The molecule has 2 N–H and O–H groups in total. The summed E-state index contributed by atoms with van der Waals surface area (Å²) in [4.78, 5) is 0. The first-order valence-corrected chi connectivity index (χ1v) is 5.26. The third kappa shape index (κ3) is 2.93. The lowest BCUT2D eigenvalue weighted by Gasteiger charge is -2.02. The average molecular weight is 258 g/mol. The van der Waals surface area contributed by atoms with Gasteiger partial charge >= 0.3 is 0 Å². The van der Waals surface area contributed by atoms with Gasteiger partial charge in [-0.1, -0.05) is 12.1 Å². The van der Waals surface area contributed by atoms with E-state index in [2.05, 4.69) is 22.0 Å². The van der Waals surface area contributed by atoms with Crippen molar-refractivity contribution in [1.29, 1.82) is 0 Å². The number of nitrogens with two attached hydrogens (primary N) is 1. The van der Waals surface area contributed by atoms with Crippen LogP contribution < -0.4 is 5.73 Å². The second-order valence-corrected chi connectivity index (χ2v) is 3.95. The van der Waals surface area contributed by atoms with Crippen LogP contribution in [-0.2, 0) is 0 Å². The molecule has 14 heavy (non-hydrogen) atoms. The van der Waals surface area contributed by atoms with E-state index in [-0.39, 0.29) is 5.82 Å². The Morgan fingerprint density at radius 1 is 1.57 bits per heavy atom. The molecule has 1 nitrogen and oxygen atoms in total. The summed E-state index contributed by atoms with van der Waals surface area (Å²) in [5.74, 6) is -0.236. The second kappa shape index (κ2) is 5.27. The van der Waals surface area contributed by atoms with Crippen molar-refractivity contribution in [3.8, 4) is 0 Å². The molecule has 3 heteroatoms. The van der Waals surface area contributed by atoms with Gasteiger partial charge in [-0.15, -0.1) is 0 Å². The Bertz CT molecular complexity index is 347. The summed E-state index contributed by atoms with van der Waals surface area (Å²) in [6.07, 6.45) is 2.90. The predicted octanol–water partition coefficient (Wildman–Crippen LogP) is 3.34. The minimum absolute atomic E-state index is 0.236. The molecule has 0 saturated heterocycles. The first kappa shape index (κ1) is 11.4. The van der Waals surface area contributed by atoms with Gasteiger partial charge in [0.25, 0.3) is 0 Å². The molecule has 0 aliphatic heterocycles. The Morgan fingerprint density at radius 2 is 2.29 bits per heavy atom. The van der Waals surface area contributed by atoms with Crippen LogP contribution in [0.3, 0.4) is 0 Å². The third-order valence-electron chi connectivity index (χ3n) is 1.99. The molecule has 0 radical (unpaired) electrons. The molecular weight excluding hydrogens is 245 g/mol. The van der Waals surface area contributed by atoms with Crippen LogP contribution in [0, 0.1) is 5.82 Å². The van der Waals surface area contributed by atoms with Crippen molar-refractivity contribution in [2.75, 3.05) is 6.54 Å². The monoisotopic (exact) mass is 257 g/mol. The molecule has 0 atom stereocenters. The van der Waals surface area contributed by atoms with Gasteiger partial charge in [0.15, 0.2) is 0 Å². The largest absolute Gasteiger partial charge is 0.330 e. The van der Waals surface area contributed by atoms with Crippen molar-refractivity contribution < 1.29 is 4.39 Å². The summed E-state index contributed by atoms with van der Waals surface area (Å²) in [7, 11) is 0. The van der Waals surface area contributed by atoms with E-state index in [1.54, 1.807) is 12.1 Å². The number of benzene rings is 1. The van der Waals surface area contributed by atoms with Crippen molar-refractivity contribution >= 4 is 21.5 Å². The van der Waals surface area contributed by atoms with E-state index in [1.807, 2.05) is 6.92 Å². The van der Waals surface area contributed by atoms with Crippen LogP contribution >= 0.6 is 15.9 Å². The summed E-state index contributed by atoms with van der Waals surface area (Å²) in [5, 5.41) is 0. The fraction of sp³-hybridized carbons (Fsp3) is 0.273. The molecule has 1 aromatic carbocycles. The lowest BCUT2D eigenvalue weighted by Crippen LogP contribution is -1.96. The van der Waals surface area contributed by atoms with Crippen molar-refractivity contribution in [3.63, 3.8) is 0 Å². The zero-order valence-electron chi connectivity index (χ0n) is 8.06. The predicted molar refractivity (Wildman–Crippen MR) is 61.4 cm³/mol. The van der Waals surface area contributed by atoms with Gasteiger partial charge in [0, 0.05) is 0 Å². The van der Waals surface area contributed by atoms with E-state index in [0.29, 0.717) is 11.0 Å². The maximum absolute atomic E-state index is 12.9. The summed E-state index contributed by atoms with van der Waals surface area (Å²) in [6.45, 7) is 2.63. The van der Waals surface area contributed by atoms with Crippen molar-refractivity contribution in [2.45, 2.75) is 13.3 Å². The van der Waals surface area contributed by atoms with Gasteiger partial charge in [-0.05, 0) is 59.1 Å². The molecule has 0 bridgehead atoms. The van der Waals surface area contributed by atoms with E-state index < -0.39 is 0 Å². The van der Waals surface area contributed by atoms with Gasteiger partial charge < -0.3 is 5.73 Å². The molecule has 0 aromatic heterocycles. The van der Waals surface area contributed by atoms with Gasteiger partial charge in [-0.25, -0.2) is 4.39 Å². The highest BCUT2D eigenvalue weighted by Crippen LogP contribution is 2.21. The smallest absolute Gasteiger partial charge is 0.137 e. The Kier molecular flexibility index (Phi) is 4.29. The molecule has 76 valence electrons. The molecule has 1 aromatic rings. The average Bonchev–Trinajstić information content (AvgIpc) is 2.18. The summed E-state index contributed by atoms with van der Waals surface area (Å²) in [6, 6.07) is 5.00. The quantitative estimate of drug-likeness (QED) is 0.884. The van der Waals surface area contributed by atoms with Crippen LogP contribution in [0.15, 0.2) is 28.7 Å². The Morgan fingerprint density at radius 3 is 2.86 bits per heavy atom. The van der Waals surface area contributed by atoms with E-state index in [4.69, 9.17) is 5.73 Å². The summed E-state index contributed by atoms with van der Waals surface area (Å²) in [5.41, 5.74) is 7.54. The second-order valence-electron chi connectivity index (χ2n) is 3.09. The molecule has 0 spiro atoms. The maximum Gasteiger partial charge on any atom is 0.137 e. The first-order chi connectivity index (χ1) is 6.65. The lowest BCUT2D eigenvalue weighted by atomic mass is 10.1. The summed E-state index contributed by atoms with van der Waals surface area (Å²) < 4.78 is 13.4. The van der Waals surface area contributed by atoms with Gasteiger partial charge in [0.1, 0.15) is 5.82 Å². The Balaban J connectivity index is 2.91. The highest BCUT2D eigenvalue weighted by atomic mass is 79.9. The maximum atomic E-state index is 12.9. The lowest BCUT2D eigenvalue weighted by molar-refractivity contribution is 0.621. The molecule has 0 aliphatic carbocycles. The summed E-state index contributed by atoms with van der Waals surface area (Å²) >= 11 is 3.16. The van der Waals surface area contributed by atoms with Gasteiger partial charge in [-0.3, -0.25) is 0 Å². The van der Waals surface area contributed by atoms with E-state index in [1.165, 1.54) is 6.07 Å². The Labute approximate surface area is 91.9 Å². The van der Waals surface area contributed by atoms with Crippen LogP contribution in [0.1, 0.15) is 18.9 Å². The SMILES string of the molecule is CC(=CCCN)c1ccc(F)c(Br)c1.